The summed E-state index contributed by atoms with van der Waals surface area (Å²) in [5.41, 5.74) is 1.18. The molecule has 2 amide bonds. The van der Waals surface area contributed by atoms with E-state index in [1.165, 1.54) is 6.26 Å². The molecular formula is C23H33N5O4. The van der Waals surface area contributed by atoms with Gasteiger partial charge >= 0.3 is 6.09 Å². The van der Waals surface area contributed by atoms with Crippen molar-refractivity contribution in [1.82, 2.24) is 16.0 Å². The van der Waals surface area contributed by atoms with Gasteiger partial charge in [0, 0.05) is 25.3 Å². The van der Waals surface area contributed by atoms with Gasteiger partial charge in [0.15, 0.2) is 11.7 Å². The van der Waals surface area contributed by atoms with Crippen LogP contribution in [0.1, 0.15) is 50.2 Å². The predicted molar refractivity (Wildman–Crippen MR) is 125 cm³/mol. The first-order valence-electron chi connectivity index (χ1n) is 10.7. The molecule has 0 spiro atoms. The number of hydrogen-bond donors (Lipinski definition) is 4. The number of hydrogen-bond acceptors (Lipinski definition) is 5. The first kappa shape index (κ1) is 24.8. The van der Waals surface area contributed by atoms with Crippen LogP contribution >= 0.6 is 0 Å². The maximum absolute atomic E-state index is 12.0. The quantitative estimate of drug-likeness (QED) is 0.268. The Hall–Kier alpha value is -3.49. The van der Waals surface area contributed by atoms with E-state index in [0.29, 0.717) is 31.3 Å². The van der Waals surface area contributed by atoms with Crippen LogP contribution in [-0.4, -0.2) is 43.2 Å². The minimum absolute atomic E-state index is 0.265. The molecule has 0 saturated carbocycles. The van der Waals surface area contributed by atoms with Crippen LogP contribution in [-0.2, 0) is 11.3 Å². The number of benzene rings is 1. The largest absolute Gasteiger partial charge is 0.459 e. The van der Waals surface area contributed by atoms with E-state index in [0.717, 1.165) is 18.5 Å². The van der Waals surface area contributed by atoms with Crippen LogP contribution in [0.15, 0.2) is 52.1 Å². The number of amides is 2. The maximum atomic E-state index is 12.0. The molecule has 0 aliphatic carbocycles. The van der Waals surface area contributed by atoms with Crippen LogP contribution < -0.4 is 21.3 Å². The fourth-order valence-corrected chi connectivity index (χ4v) is 2.61. The van der Waals surface area contributed by atoms with Gasteiger partial charge in [-0.25, -0.2) is 9.79 Å². The zero-order chi connectivity index (χ0) is 23.4. The number of ether oxygens (including phenoxy) is 1. The van der Waals surface area contributed by atoms with Gasteiger partial charge in [-0.15, -0.1) is 0 Å². The summed E-state index contributed by atoms with van der Waals surface area (Å²) >= 11 is 0. The Kier molecular flexibility index (Phi) is 9.59. The molecule has 0 aliphatic rings. The summed E-state index contributed by atoms with van der Waals surface area (Å²) in [6, 6.07) is 10.8. The van der Waals surface area contributed by atoms with Crippen molar-refractivity contribution in [3.63, 3.8) is 0 Å². The normalized spacial score (nSPS) is 11.6. The third-order valence-corrected chi connectivity index (χ3v) is 4.03. The minimum atomic E-state index is -0.504. The molecule has 0 saturated heterocycles. The lowest BCUT2D eigenvalue weighted by Gasteiger charge is -2.19. The number of anilines is 1. The number of rotatable bonds is 9. The molecule has 1 aromatic heterocycles. The van der Waals surface area contributed by atoms with Gasteiger partial charge in [-0.3, -0.25) is 4.79 Å². The molecule has 0 aliphatic heterocycles. The predicted octanol–water partition coefficient (Wildman–Crippen LogP) is 3.50. The fourth-order valence-electron chi connectivity index (χ4n) is 2.61. The number of guanidine groups is 1. The summed E-state index contributed by atoms with van der Waals surface area (Å²) < 4.78 is 10.3. The number of furan rings is 1. The van der Waals surface area contributed by atoms with Crippen LogP contribution in [0, 0.1) is 0 Å². The Morgan fingerprint density at radius 1 is 1.03 bits per heavy atom. The molecule has 32 heavy (non-hydrogen) atoms. The van der Waals surface area contributed by atoms with Gasteiger partial charge in [-0.1, -0.05) is 12.1 Å². The second-order valence-corrected chi connectivity index (χ2v) is 8.03. The van der Waals surface area contributed by atoms with Crippen LogP contribution in [0.2, 0.25) is 0 Å². The monoisotopic (exact) mass is 443 g/mol. The van der Waals surface area contributed by atoms with Crippen molar-refractivity contribution in [3.8, 4) is 0 Å². The highest BCUT2D eigenvalue weighted by Gasteiger charge is 2.15. The van der Waals surface area contributed by atoms with Crippen molar-refractivity contribution < 1.29 is 18.7 Å². The molecule has 2 aromatic rings. The van der Waals surface area contributed by atoms with Crippen LogP contribution in [0.3, 0.4) is 0 Å². The SMILES string of the molecule is CCNC(=NCc1ccc(NC(=O)c2ccco2)cc1)NCCCNC(=O)OC(C)(C)C. The zero-order valence-electron chi connectivity index (χ0n) is 19.2. The van der Waals surface area contributed by atoms with E-state index in [2.05, 4.69) is 26.3 Å². The van der Waals surface area contributed by atoms with E-state index in [4.69, 9.17) is 9.15 Å². The first-order chi connectivity index (χ1) is 15.3. The van der Waals surface area contributed by atoms with E-state index in [1.54, 1.807) is 12.1 Å². The lowest BCUT2D eigenvalue weighted by molar-refractivity contribution is 0.0527. The Bertz CT molecular complexity index is 871. The molecule has 0 unspecified atom stereocenters. The highest BCUT2D eigenvalue weighted by molar-refractivity contribution is 6.02. The van der Waals surface area contributed by atoms with Gasteiger partial charge in [0.05, 0.1) is 12.8 Å². The minimum Gasteiger partial charge on any atom is -0.459 e. The average molecular weight is 444 g/mol. The molecule has 0 fully saturated rings. The third kappa shape index (κ3) is 9.55. The number of alkyl carbamates (subject to hydrolysis) is 1. The highest BCUT2D eigenvalue weighted by atomic mass is 16.6. The maximum Gasteiger partial charge on any atom is 0.407 e. The van der Waals surface area contributed by atoms with Crippen molar-refractivity contribution in [3.05, 3.63) is 54.0 Å². The Morgan fingerprint density at radius 3 is 2.38 bits per heavy atom. The van der Waals surface area contributed by atoms with E-state index in [-0.39, 0.29) is 11.7 Å². The smallest absolute Gasteiger partial charge is 0.407 e. The van der Waals surface area contributed by atoms with Crippen molar-refractivity contribution in [2.24, 2.45) is 4.99 Å². The molecule has 0 bridgehead atoms. The van der Waals surface area contributed by atoms with Crippen LogP contribution in [0.5, 0.6) is 0 Å². The number of nitrogens with one attached hydrogen (secondary N) is 4. The molecule has 1 heterocycles. The summed E-state index contributed by atoms with van der Waals surface area (Å²) in [7, 11) is 0. The molecule has 174 valence electrons. The van der Waals surface area contributed by atoms with Crippen molar-refractivity contribution in [2.45, 2.75) is 46.3 Å². The summed E-state index contributed by atoms with van der Waals surface area (Å²) in [5, 5.41) is 12.0. The summed E-state index contributed by atoms with van der Waals surface area (Å²) in [5.74, 6) is 0.668. The summed E-state index contributed by atoms with van der Waals surface area (Å²) in [6.07, 6.45) is 1.78. The molecular weight excluding hydrogens is 410 g/mol. The van der Waals surface area contributed by atoms with Crippen molar-refractivity contribution in [2.75, 3.05) is 25.0 Å². The molecule has 9 nitrogen and oxygen atoms in total. The summed E-state index contributed by atoms with van der Waals surface area (Å²) in [6.45, 7) is 9.87. The first-order valence-corrected chi connectivity index (χ1v) is 10.7. The van der Waals surface area contributed by atoms with Gasteiger partial charge in [-0.05, 0) is 63.9 Å². The lowest BCUT2D eigenvalue weighted by atomic mass is 10.2. The lowest BCUT2D eigenvalue weighted by Crippen LogP contribution is -2.39. The molecule has 4 N–H and O–H groups in total. The molecule has 2 rings (SSSR count). The number of carbonyl (C=O) groups excluding carboxylic acids is 2. The number of aliphatic imine (C=N–C) groups is 1. The highest BCUT2D eigenvalue weighted by Crippen LogP contribution is 2.12. The Labute approximate surface area is 189 Å². The number of carbonyl (C=O) groups is 2. The van der Waals surface area contributed by atoms with Gasteiger partial charge in [0.1, 0.15) is 5.60 Å². The molecule has 1 aromatic carbocycles. The van der Waals surface area contributed by atoms with Crippen molar-refractivity contribution >= 4 is 23.6 Å². The van der Waals surface area contributed by atoms with E-state index in [9.17, 15) is 9.59 Å². The van der Waals surface area contributed by atoms with E-state index < -0.39 is 11.7 Å². The standard InChI is InChI=1S/C23H33N5O4/c1-5-24-21(25-13-7-14-26-22(30)32-23(2,3)4)27-16-17-9-11-18(12-10-17)28-20(29)19-8-6-15-31-19/h6,8-12,15H,5,7,13-14,16H2,1-4H3,(H,26,30)(H,28,29)(H2,24,25,27). The Balaban J connectivity index is 1.76. The van der Waals surface area contributed by atoms with E-state index in [1.807, 2.05) is 52.0 Å². The van der Waals surface area contributed by atoms with Gasteiger partial charge in [-0.2, -0.15) is 0 Å². The average Bonchev–Trinajstić information content (AvgIpc) is 3.26. The van der Waals surface area contributed by atoms with E-state index >= 15 is 0 Å². The molecule has 0 radical (unpaired) electrons. The van der Waals surface area contributed by atoms with Gasteiger partial charge in [0.25, 0.3) is 5.91 Å². The van der Waals surface area contributed by atoms with Gasteiger partial charge in [0.2, 0.25) is 0 Å². The number of nitrogens with zero attached hydrogens (tertiary/aromatic N) is 1. The zero-order valence-corrected chi connectivity index (χ0v) is 19.2. The molecule has 9 heteroatoms. The fraction of sp³-hybridized carbons (Fsp3) is 0.435. The van der Waals surface area contributed by atoms with Crippen molar-refractivity contribution in [1.29, 1.82) is 0 Å². The van der Waals surface area contributed by atoms with Crippen LogP contribution in [0.4, 0.5) is 10.5 Å². The molecule has 0 atom stereocenters. The topological polar surface area (TPSA) is 117 Å². The third-order valence-electron chi connectivity index (χ3n) is 4.03. The van der Waals surface area contributed by atoms with Gasteiger partial charge < -0.3 is 30.4 Å². The second kappa shape index (κ2) is 12.4. The van der Waals surface area contributed by atoms with Crippen LogP contribution in [0.25, 0.3) is 0 Å². The summed E-state index contributed by atoms with van der Waals surface area (Å²) in [4.78, 5) is 28.2. The second-order valence-electron chi connectivity index (χ2n) is 8.03. The Morgan fingerprint density at radius 2 is 1.75 bits per heavy atom.